The molecule has 0 saturated carbocycles. The molecule has 0 spiro atoms. The van der Waals surface area contributed by atoms with Gasteiger partial charge in [0.05, 0.1) is 12.6 Å². The van der Waals surface area contributed by atoms with Gasteiger partial charge in [0.1, 0.15) is 0 Å². The fraction of sp³-hybridized carbons (Fsp3) is 0.583. The summed E-state index contributed by atoms with van der Waals surface area (Å²) < 4.78 is 4.98. The Morgan fingerprint density at radius 1 is 1.65 bits per heavy atom. The smallest absolute Gasteiger partial charge is 0.220 e. The first-order chi connectivity index (χ1) is 8.26. The molecule has 4 nitrogen and oxygen atoms in total. The van der Waals surface area contributed by atoms with Crippen LogP contribution in [0.2, 0.25) is 0 Å². The van der Waals surface area contributed by atoms with Crippen molar-refractivity contribution in [2.75, 3.05) is 20.3 Å². The lowest BCUT2D eigenvalue weighted by Gasteiger charge is -2.16. The van der Waals surface area contributed by atoms with Crippen molar-refractivity contribution in [1.29, 1.82) is 0 Å². The number of rotatable bonds is 8. The summed E-state index contributed by atoms with van der Waals surface area (Å²) in [5, 5.41) is 13.7. The van der Waals surface area contributed by atoms with Gasteiger partial charge in [0.25, 0.3) is 0 Å². The molecule has 1 rings (SSSR count). The molecule has 0 saturated heterocycles. The van der Waals surface area contributed by atoms with E-state index in [4.69, 9.17) is 9.84 Å². The molecule has 1 atom stereocenters. The first-order valence-corrected chi connectivity index (χ1v) is 6.55. The van der Waals surface area contributed by atoms with Gasteiger partial charge in [0, 0.05) is 25.0 Å². The Morgan fingerprint density at radius 2 is 2.47 bits per heavy atom. The number of amides is 1. The Labute approximate surface area is 106 Å². The Hall–Kier alpha value is -0.910. The van der Waals surface area contributed by atoms with Crippen LogP contribution in [-0.4, -0.2) is 37.4 Å². The summed E-state index contributed by atoms with van der Waals surface area (Å²) >= 11 is 1.66. The Balaban J connectivity index is 2.26. The van der Waals surface area contributed by atoms with E-state index in [1.54, 1.807) is 18.4 Å². The van der Waals surface area contributed by atoms with Crippen molar-refractivity contribution in [3.8, 4) is 0 Å². The quantitative estimate of drug-likeness (QED) is 0.735. The van der Waals surface area contributed by atoms with Crippen molar-refractivity contribution in [2.45, 2.75) is 25.3 Å². The maximum absolute atomic E-state index is 11.7. The number of nitrogens with one attached hydrogen (secondary N) is 1. The van der Waals surface area contributed by atoms with Crippen LogP contribution in [0.4, 0.5) is 0 Å². The van der Waals surface area contributed by atoms with E-state index in [9.17, 15) is 4.79 Å². The molecule has 1 aromatic rings. The van der Waals surface area contributed by atoms with E-state index in [0.717, 1.165) is 6.42 Å². The molecule has 0 fully saturated rings. The summed E-state index contributed by atoms with van der Waals surface area (Å²) in [5.74, 6) is 0.00824. The molecule has 0 radical (unpaired) electrons. The fourth-order valence-electron chi connectivity index (χ4n) is 1.55. The van der Waals surface area contributed by atoms with Crippen molar-refractivity contribution in [1.82, 2.24) is 5.32 Å². The maximum atomic E-state index is 11.7. The third-order valence-electron chi connectivity index (χ3n) is 2.39. The summed E-state index contributed by atoms with van der Waals surface area (Å²) in [4.78, 5) is 12.9. The van der Waals surface area contributed by atoms with Crippen LogP contribution in [0.15, 0.2) is 17.5 Å². The molecule has 0 aliphatic carbocycles. The molecule has 0 aliphatic heterocycles. The first kappa shape index (κ1) is 14.2. The fourth-order valence-corrected chi connectivity index (χ4v) is 2.25. The zero-order valence-corrected chi connectivity index (χ0v) is 10.8. The molecule has 17 heavy (non-hydrogen) atoms. The summed E-state index contributed by atoms with van der Waals surface area (Å²) in [6.07, 6.45) is 1.77. The van der Waals surface area contributed by atoms with Gasteiger partial charge in [-0.15, -0.1) is 11.3 Å². The van der Waals surface area contributed by atoms with Crippen molar-refractivity contribution in [3.05, 3.63) is 22.4 Å². The summed E-state index contributed by atoms with van der Waals surface area (Å²) in [6.45, 7) is 0.491. The Morgan fingerprint density at radius 3 is 3.06 bits per heavy atom. The lowest BCUT2D eigenvalue weighted by molar-refractivity contribution is -0.122. The van der Waals surface area contributed by atoms with E-state index in [1.807, 2.05) is 17.5 Å². The summed E-state index contributed by atoms with van der Waals surface area (Å²) in [5.41, 5.74) is 0. The van der Waals surface area contributed by atoms with Gasteiger partial charge in [-0.1, -0.05) is 6.07 Å². The van der Waals surface area contributed by atoms with E-state index in [1.165, 1.54) is 4.88 Å². The summed E-state index contributed by atoms with van der Waals surface area (Å²) in [6, 6.07) is 3.91. The first-order valence-electron chi connectivity index (χ1n) is 5.67. The predicted molar refractivity (Wildman–Crippen MR) is 68.1 cm³/mol. The van der Waals surface area contributed by atoms with Gasteiger partial charge >= 0.3 is 0 Å². The van der Waals surface area contributed by atoms with Crippen LogP contribution in [0.25, 0.3) is 0 Å². The second-order valence-electron chi connectivity index (χ2n) is 3.81. The van der Waals surface area contributed by atoms with Crippen LogP contribution in [0.1, 0.15) is 17.7 Å². The SMILES string of the molecule is COCC(CCO)NC(=O)CCc1cccs1. The molecular formula is C12H19NO3S. The highest BCUT2D eigenvalue weighted by Gasteiger charge is 2.11. The zero-order valence-electron chi connectivity index (χ0n) is 10.0. The third kappa shape index (κ3) is 5.81. The highest BCUT2D eigenvalue weighted by atomic mass is 32.1. The van der Waals surface area contributed by atoms with Gasteiger partial charge < -0.3 is 15.2 Å². The van der Waals surface area contributed by atoms with Gasteiger partial charge in [0.2, 0.25) is 5.91 Å². The number of hydrogen-bond donors (Lipinski definition) is 2. The molecule has 0 bridgehead atoms. The second kappa shape index (κ2) is 8.22. The van der Waals surface area contributed by atoms with Gasteiger partial charge in [0.15, 0.2) is 0 Å². The number of ether oxygens (including phenoxy) is 1. The molecule has 1 heterocycles. The number of methoxy groups -OCH3 is 1. The van der Waals surface area contributed by atoms with Crippen molar-refractivity contribution in [2.24, 2.45) is 0 Å². The van der Waals surface area contributed by atoms with Gasteiger partial charge in [-0.05, 0) is 24.3 Å². The van der Waals surface area contributed by atoms with Gasteiger partial charge in [-0.25, -0.2) is 0 Å². The topological polar surface area (TPSA) is 58.6 Å². The van der Waals surface area contributed by atoms with Crippen molar-refractivity contribution < 1.29 is 14.6 Å². The van der Waals surface area contributed by atoms with E-state index in [2.05, 4.69) is 5.32 Å². The van der Waals surface area contributed by atoms with Crippen LogP contribution in [0.3, 0.4) is 0 Å². The number of carbonyl (C=O) groups excluding carboxylic acids is 1. The van der Waals surface area contributed by atoms with Gasteiger partial charge in [-0.3, -0.25) is 4.79 Å². The molecule has 2 N–H and O–H groups in total. The zero-order chi connectivity index (χ0) is 12.5. The average Bonchev–Trinajstić information content (AvgIpc) is 2.80. The predicted octanol–water partition coefficient (Wildman–Crippen LogP) is 1.19. The van der Waals surface area contributed by atoms with E-state index < -0.39 is 0 Å². The largest absolute Gasteiger partial charge is 0.396 e. The van der Waals surface area contributed by atoms with Crippen LogP contribution in [0.5, 0.6) is 0 Å². The number of thiophene rings is 1. The number of hydrogen-bond acceptors (Lipinski definition) is 4. The standard InChI is InChI=1S/C12H19NO3S/c1-16-9-10(6-7-14)13-12(15)5-4-11-3-2-8-17-11/h2-3,8,10,14H,4-7,9H2,1H3,(H,13,15). The molecule has 1 aromatic heterocycles. The maximum Gasteiger partial charge on any atom is 0.220 e. The van der Waals surface area contributed by atoms with E-state index >= 15 is 0 Å². The van der Waals surface area contributed by atoms with E-state index in [0.29, 0.717) is 19.4 Å². The number of aliphatic hydroxyl groups is 1. The lowest BCUT2D eigenvalue weighted by Crippen LogP contribution is -2.38. The highest BCUT2D eigenvalue weighted by Crippen LogP contribution is 2.10. The molecule has 1 unspecified atom stereocenters. The van der Waals surface area contributed by atoms with Crippen LogP contribution >= 0.6 is 11.3 Å². The molecule has 0 aromatic carbocycles. The average molecular weight is 257 g/mol. The van der Waals surface area contributed by atoms with E-state index in [-0.39, 0.29) is 18.6 Å². The number of aryl methyl sites for hydroxylation is 1. The van der Waals surface area contributed by atoms with Crippen LogP contribution in [-0.2, 0) is 16.0 Å². The van der Waals surface area contributed by atoms with Crippen molar-refractivity contribution >= 4 is 17.2 Å². The second-order valence-corrected chi connectivity index (χ2v) is 4.84. The monoisotopic (exact) mass is 257 g/mol. The number of carbonyl (C=O) groups is 1. The van der Waals surface area contributed by atoms with Gasteiger partial charge in [-0.2, -0.15) is 0 Å². The minimum absolute atomic E-state index is 0.00824. The minimum Gasteiger partial charge on any atom is -0.396 e. The molecule has 96 valence electrons. The van der Waals surface area contributed by atoms with Crippen LogP contribution in [0, 0.1) is 0 Å². The molecular weight excluding hydrogens is 238 g/mol. The Bertz CT molecular complexity index is 308. The molecule has 1 amide bonds. The molecule has 5 heteroatoms. The summed E-state index contributed by atoms with van der Waals surface area (Å²) in [7, 11) is 1.59. The Kier molecular flexibility index (Phi) is 6.84. The minimum atomic E-state index is -0.0964. The lowest BCUT2D eigenvalue weighted by atomic mass is 10.2. The third-order valence-corrected chi connectivity index (χ3v) is 3.33. The number of aliphatic hydroxyl groups excluding tert-OH is 1. The van der Waals surface area contributed by atoms with Crippen molar-refractivity contribution in [3.63, 3.8) is 0 Å². The van der Waals surface area contributed by atoms with Crippen LogP contribution < -0.4 is 5.32 Å². The highest BCUT2D eigenvalue weighted by molar-refractivity contribution is 7.09. The molecule has 0 aliphatic rings. The normalized spacial score (nSPS) is 12.4.